The molecule has 116 valence electrons. The van der Waals surface area contributed by atoms with Crippen LogP contribution in [0.3, 0.4) is 0 Å². The number of aromatic nitrogens is 1. The van der Waals surface area contributed by atoms with E-state index in [1.807, 2.05) is 6.07 Å². The van der Waals surface area contributed by atoms with E-state index >= 15 is 0 Å². The normalized spacial score (nSPS) is 24.9. The van der Waals surface area contributed by atoms with Crippen LogP contribution in [0, 0.1) is 11.8 Å². The smallest absolute Gasteiger partial charge is 0.255 e. The molecule has 2 N–H and O–H groups in total. The average molecular weight is 354 g/mol. The van der Waals surface area contributed by atoms with E-state index in [4.69, 9.17) is 0 Å². The fourth-order valence-corrected chi connectivity index (χ4v) is 3.14. The van der Waals surface area contributed by atoms with Crippen LogP contribution in [0.4, 0.5) is 5.82 Å². The van der Waals surface area contributed by atoms with Crippen LogP contribution in [0.1, 0.15) is 50.4 Å². The summed E-state index contributed by atoms with van der Waals surface area (Å²) < 4.78 is 0.822. The van der Waals surface area contributed by atoms with E-state index in [1.54, 1.807) is 6.20 Å². The molecule has 0 radical (unpaired) electrons. The molecule has 1 saturated carbocycles. The van der Waals surface area contributed by atoms with Crippen LogP contribution in [0.25, 0.3) is 0 Å². The van der Waals surface area contributed by atoms with Gasteiger partial charge < -0.3 is 10.6 Å². The zero-order valence-electron chi connectivity index (χ0n) is 12.9. The molecular weight excluding hydrogens is 330 g/mol. The van der Waals surface area contributed by atoms with Crippen molar-refractivity contribution >= 4 is 27.7 Å². The number of nitrogens with zero attached hydrogens (tertiary/aromatic N) is 1. The summed E-state index contributed by atoms with van der Waals surface area (Å²) in [7, 11) is 0. The summed E-state index contributed by atoms with van der Waals surface area (Å²) in [5.41, 5.74) is 0.615. The lowest BCUT2D eigenvalue weighted by molar-refractivity contribution is 0.0928. The standard InChI is InChI=1S/C16H24BrN3O/c1-4-7-18-15-13(8-12(17)9-19-15)16(21)20-14-6-5-10(2)11(14)3/h8-11,14H,4-7H2,1-3H3,(H,18,19)(H,20,21). The summed E-state index contributed by atoms with van der Waals surface area (Å²) in [4.78, 5) is 16.9. The van der Waals surface area contributed by atoms with Gasteiger partial charge in [-0.25, -0.2) is 4.98 Å². The Hall–Kier alpha value is -1.10. The number of amides is 1. The molecule has 1 aromatic heterocycles. The van der Waals surface area contributed by atoms with E-state index < -0.39 is 0 Å². The number of carbonyl (C=O) groups excluding carboxylic acids is 1. The van der Waals surface area contributed by atoms with Crippen LogP contribution in [0.15, 0.2) is 16.7 Å². The van der Waals surface area contributed by atoms with Gasteiger partial charge in [-0.2, -0.15) is 0 Å². The summed E-state index contributed by atoms with van der Waals surface area (Å²) in [6.45, 7) is 7.38. The average Bonchev–Trinajstić information content (AvgIpc) is 2.78. The Morgan fingerprint density at radius 3 is 2.81 bits per heavy atom. The van der Waals surface area contributed by atoms with Crippen molar-refractivity contribution in [1.29, 1.82) is 0 Å². The second-order valence-corrected chi connectivity index (χ2v) is 6.89. The van der Waals surface area contributed by atoms with Crippen molar-refractivity contribution in [3.05, 3.63) is 22.3 Å². The van der Waals surface area contributed by atoms with E-state index in [2.05, 4.69) is 52.3 Å². The molecule has 1 aliphatic rings. The third-order valence-electron chi connectivity index (χ3n) is 4.42. The van der Waals surface area contributed by atoms with Gasteiger partial charge in [-0.1, -0.05) is 20.8 Å². The number of nitrogens with one attached hydrogen (secondary N) is 2. The number of hydrogen-bond donors (Lipinski definition) is 2. The van der Waals surface area contributed by atoms with Crippen LogP contribution in [0.2, 0.25) is 0 Å². The van der Waals surface area contributed by atoms with Crippen molar-refractivity contribution < 1.29 is 4.79 Å². The van der Waals surface area contributed by atoms with Gasteiger partial charge in [0.1, 0.15) is 5.82 Å². The van der Waals surface area contributed by atoms with E-state index in [-0.39, 0.29) is 11.9 Å². The third kappa shape index (κ3) is 3.96. The molecule has 0 saturated heterocycles. The van der Waals surface area contributed by atoms with Gasteiger partial charge in [0.2, 0.25) is 0 Å². The molecule has 5 heteroatoms. The molecule has 3 unspecified atom stereocenters. The lowest BCUT2D eigenvalue weighted by Crippen LogP contribution is -2.37. The SMILES string of the molecule is CCCNc1ncc(Br)cc1C(=O)NC1CCC(C)C1C. The van der Waals surface area contributed by atoms with Gasteiger partial charge in [-0.15, -0.1) is 0 Å². The highest BCUT2D eigenvalue weighted by atomic mass is 79.9. The summed E-state index contributed by atoms with van der Waals surface area (Å²) in [5.74, 6) is 1.83. The minimum atomic E-state index is -0.0339. The Labute approximate surface area is 135 Å². The molecule has 3 atom stereocenters. The van der Waals surface area contributed by atoms with Gasteiger partial charge in [0.05, 0.1) is 5.56 Å². The first kappa shape index (κ1) is 16.3. The van der Waals surface area contributed by atoms with Gasteiger partial charge in [0.15, 0.2) is 0 Å². The fourth-order valence-electron chi connectivity index (χ4n) is 2.81. The van der Waals surface area contributed by atoms with Crippen LogP contribution in [0.5, 0.6) is 0 Å². The van der Waals surface area contributed by atoms with E-state index in [0.29, 0.717) is 23.2 Å². The van der Waals surface area contributed by atoms with Crippen molar-refractivity contribution in [2.45, 2.75) is 46.1 Å². The fraction of sp³-hybridized carbons (Fsp3) is 0.625. The zero-order chi connectivity index (χ0) is 15.4. The molecule has 2 rings (SSSR count). The monoisotopic (exact) mass is 353 g/mol. The van der Waals surface area contributed by atoms with Gasteiger partial charge >= 0.3 is 0 Å². The second-order valence-electron chi connectivity index (χ2n) is 5.97. The Kier molecular flexibility index (Phi) is 5.62. The summed E-state index contributed by atoms with van der Waals surface area (Å²) in [6, 6.07) is 2.11. The summed E-state index contributed by atoms with van der Waals surface area (Å²) in [6.07, 6.45) is 4.96. The summed E-state index contributed by atoms with van der Waals surface area (Å²) in [5, 5.41) is 6.40. The molecule has 1 heterocycles. The minimum Gasteiger partial charge on any atom is -0.369 e. The zero-order valence-corrected chi connectivity index (χ0v) is 14.5. The Morgan fingerprint density at radius 1 is 1.43 bits per heavy atom. The molecule has 21 heavy (non-hydrogen) atoms. The number of anilines is 1. The predicted octanol–water partition coefficient (Wildman–Crippen LogP) is 3.83. The van der Waals surface area contributed by atoms with Gasteiger partial charge in [0, 0.05) is 23.3 Å². The molecule has 0 aromatic carbocycles. The quantitative estimate of drug-likeness (QED) is 0.845. The number of rotatable bonds is 5. The first-order chi connectivity index (χ1) is 10.0. The third-order valence-corrected chi connectivity index (χ3v) is 4.86. The van der Waals surface area contributed by atoms with Crippen molar-refractivity contribution in [3.8, 4) is 0 Å². The number of carbonyl (C=O) groups is 1. The van der Waals surface area contributed by atoms with E-state index in [1.165, 1.54) is 6.42 Å². The largest absolute Gasteiger partial charge is 0.369 e. The maximum Gasteiger partial charge on any atom is 0.255 e. The van der Waals surface area contributed by atoms with Gasteiger partial charge in [0.25, 0.3) is 5.91 Å². The first-order valence-corrected chi connectivity index (χ1v) is 8.52. The molecule has 1 aromatic rings. The predicted molar refractivity (Wildman–Crippen MR) is 89.5 cm³/mol. The van der Waals surface area contributed by atoms with E-state index in [9.17, 15) is 4.79 Å². The van der Waals surface area contributed by atoms with Crippen LogP contribution >= 0.6 is 15.9 Å². The number of pyridine rings is 1. The highest BCUT2D eigenvalue weighted by molar-refractivity contribution is 9.10. The highest BCUT2D eigenvalue weighted by Gasteiger charge is 2.31. The lowest BCUT2D eigenvalue weighted by Gasteiger charge is -2.20. The Bertz CT molecular complexity index is 506. The molecular formula is C16H24BrN3O. The molecule has 0 bridgehead atoms. The maximum atomic E-state index is 12.6. The van der Waals surface area contributed by atoms with E-state index in [0.717, 1.165) is 23.9 Å². The van der Waals surface area contributed by atoms with Crippen molar-refractivity contribution in [1.82, 2.24) is 10.3 Å². The second kappa shape index (κ2) is 7.25. The lowest BCUT2D eigenvalue weighted by atomic mass is 9.97. The number of halogens is 1. The van der Waals surface area contributed by atoms with Crippen molar-refractivity contribution in [3.63, 3.8) is 0 Å². The Morgan fingerprint density at radius 2 is 2.19 bits per heavy atom. The molecule has 0 spiro atoms. The first-order valence-electron chi connectivity index (χ1n) is 7.73. The minimum absolute atomic E-state index is 0.0339. The summed E-state index contributed by atoms with van der Waals surface area (Å²) >= 11 is 3.40. The maximum absolute atomic E-state index is 12.6. The van der Waals surface area contributed by atoms with Crippen LogP contribution in [-0.4, -0.2) is 23.5 Å². The molecule has 1 amide bonds. The molecule has 4 nitrogen and oxygen atoms in total. The van der Waals surface area contributed by atoms with Crippen LogP contribution in [-0.2, 0) is 0 Å². The molecule has 0 aliphatic heterocycles. The van der Waals surface area contributed by atoms with Crippen molar-refractivity contribution in [2.75, 3.05) is 11.9 Å². The molecule has 1 fully saturated rings. The van der Waals surface area contributed by atoms with Gasteiger partial charge in [-0.05, 0) is 53.1 Å². The van der Waals surface area contributed by atoms with Gasteiger partial charge in [-0.3, -0.25) is 4.79 Å². The van der Waals surface area contributed by atoms with Crippen LogP contribution < -0.4 is 10.6 Å². The highest BCUT2D eigenvalue weighted by Crippen LogP contribution is 2.31. The number of hydrogen-bond acceptors (Lipinski definition) is 3. The Balaban J connectivity index is 2.12. The topological polar surface area (TPSA) is 54.0 Å². The van der Waals surface area contributed by atoms with Crippen molar-refractivity contribution in [2.24, 2.45) is 11.8 Å². The molecule has 1 aliphatic carbocycles.